The first-order valence-electron chi connectivity index (χ1n) is 8.37. The Bertz CT molecular complexity index is 947. The highest BCUT2D eigenvalue weighted by atomic mass is 79.9. The predicted octanol–water partition coefficient (Wildman–Crippen LogP) is 5.28. The Kier molecular flexibility index (Phi) is 4.94. The lowest BCUT2D eigenvalue weighted by atomic mass is 9.89. The predicted molar refractivity (Wildman–Crippen MR) is 99.9 cm³/mol. The van der Waals surface area contributed by atoms with Crippen LogP contribution in [0.2, 0.25) is 0 Å². The molecule has 2 heterocycles. The average Bonchev–Trinajstić information content (AvgIpc) is 3.09. The molecule has 0 saturated heterocycles. The second-order valence-electron chi connectivity index (χ2n) is 6.26. The number of thioether (sulfide) groups is 1. The van der Waals surface area contributed by atoms with Gasteiger partial charge in [-0.15, -0.1) is 10.2 Å². The van der Waals surface area contributed by atoms with E-state index in [2.05, 4.69) is 26.1 Å². The lowest BCUT2D eigenvalue weighted by Gasteiger charge is -2.17. The zero-order valence-electron chi connectivity index (χ0n) is 13.5. The summed E-state index contributed by atoms with van der Waals surface area (Å²) in [5, 5.41) is 9.85. The molecular weight excluding hydrogens is 404 g/mol. The van der Waals surface area contributed by atoms with Crippen LogP contribution in [0, 0.1) is 0 Å². The maximum Gasteiger partial charge on any atom is 0.336 e. The smallest absolute Gasteiger partial charge is 0.336 e. The molecule has 0 aliphatic heterocycles. The first-order chi connectivity index (χ1) is 12.2. The van der Waals surface area contributed by atoms with Crippen molar-refractivity contribution in [3.8, 4) is 0 Å². The summed E-state index contributed by atoms with van der Waals surface area (Å²) in [4.78, 5) is 11.8. The number of hydrogen-bond acceptors (Lipinski definition) is 6. The summed E-state index contributed by atoms with van der Waals surface area (Å²) in [5.41, 5.74) is 1.13. The number of rotatable bonds is 4. The van der Waals surface area contributed by atoms with Gasteiger partial charge in [-0.2, -0.15) is 0 Å². The molecule has 0 unspecified atom stereocenters. The molecule has 5 nitrogen and oxygen atoms in total. The van der Waals surface area contributed by atoms with E-state index in [0.717, 1.165) is 34.2 Å². The lowest BCUT2D eigenvalue weighted by Crippen LogP contribution is -2.04. The van der Waals surface area contributed by atoms with Crippen molar-refractivity contribution in [3.05, 3.63) is 50.6 Å². The third kappa shape index (κ3) is 3.82. The zero-order chi connectivity index (χ0) is 17.2. The molecule has 1 saturated carbocycles. The van der Waals surface area contributed by atoms with Crippen molar-refractivity contribution in [2.75, 3.05) is 0 Å². The fourth-order valence-corrected chi connectivity index (χ4v) is 4.36. The van der Waals surface area contributed by atoms with Crippen LogP contribution in [0.4, 0.5) is 0 Å². The van der Waals surface area contributed by atoms with Gasteiger partial charge in [0.2, 0.25) is 5.89 Å². The van der Waals surface area contributed by atoms with Crippen LogP contribution in [0.15, 0.2) is 47.6 Å². The highest BCUT2D eigenvalue weighted by molar-refractivity contribution is 9.10. The molecule has 1 fully saturated rings. The minimum absolute atomic E-state index is 0.352. The van der Waals surface area contributed by atoms with Gasteiger partial charge >= 0.3 is 5.63 Å². The van der Waals surface area contributed by atoms with Crippen molar-refractivity contribution in [3.63, 3.8) is 0 Å². The van der Waals surface area contributed by atoms with E-state index in [4.69, 9.17) is 8.83 Å². The molecule has 25 heavy (non-hydrogen) atoms. The van der Waals surface area contributed by atoms with Gasteiger partial charge in [-0.3, -0.25) is 0 Å². The molecule has 4 rings (SSSR count). The van der Waals surface area contributed by atoms with Gasteiger partial charge in [-0.1, -0.05) is 47.0 Å². The number of nitrogens with zero attached hydrogens (tertiary/aromatic N) is 2. The second kappa shape index (κ2) is 7.33. The largest absolute Gasteiger partial charge is 0.423 e. The van der Waals surface area contributed by atoms with Crippen LogP contribution in [-0.4, -0.2) is 10.2 Å². The van der Waals surface area contributed by atoms with Crippen molar-refractivity contribution in [1.82, 2.24) is 10.2 Å². The lowest BCUT2D eigenvalue weighted by molar-refractivity contribution is 0.334. The van der Waals surface area contributed by atoms with Gasteiger partial charge in [0.15, 0.2) is 0 Å². The van der Waals surface area contributed by atoms with Crippen LogP contribution in [0.1, 0.15) is 49.5 Å². The molecule has 0 amide bonds. The molecule has 3 aromatic rings. The number of benzene rings is 1. The summed E-state index contributed by atoms with van der Waals surface area (Å²) in [6, 6.07) is 7.21. The quantitative estimate of drug-likeness (QED) is 0.422. The Morgan fingerprint density at radius 3 is 2.80 bits per heavy atom. The first kappa shape index (κ1) is 16.8. The minimum atomic E-state index is -0.352. The molecule has 0 spiro atoms. The van der Waals surface area contributed by atoms with Gasteiger partial charge in [0.1, 0.15) is 5.58 Å². The molecule has 2 aromatic heterocycles. The summed E-state index contributed by atoms with van der Waals surface area (Å²) < 4.78 is 12.0. The fourth-order valence-electron chi connectivity index (χ4n) is 3.26. The van der Waals surface area contributed by atoms with E-state index in [9.17, 15) is 4.79 Å². The van der Waals surface area contributed by atoms with Gasteiger partial charge < -0.3 is 8.83 Å². The molecule has 1 aliphatic carbocycles. The van der Waals surface area contributed by atoms with Crippen LogP contribution < -0.4 is 5.63 Å². The van der Waals surface area contributed by atoms with E-state index >= 15 is 0 Å². The van der Waals surface area contributed by atoms with Gasteiger partial charge in [-0.05, 0) is 36.6 Å². The summed E-state index contributed by atoms with van der Waals surface area (Å²) in [6.07, 6.45) is 6.02. The van der Waals surface area contributed by atoms with E-state index < -0.39 is 0 Å². The molecule has 0 bridgehead atoms. The van der Waals surface area contributed by atoms with Crippen molar-refractivity contribution < 1.29 is 8.83 Å². The maximum atomic E-state index is 11.8. The van der Waals surface area contributed by atoms with Crippen LogP contribution in [-0.2, 0) is 5.75 Å². The Morgan fingerprint density at radius 2 is 1.96 bits per heavy atom. The Labute approximate surface area is 157 Å². The van der Waals surface area contributed by atoms with Crippen molar-refractivity contribution >= 4 is 38.7 Å². The molecule has 0 radical (unpaired) electrons. The van der Waals surface area contributed by atoms with E-state index in [1.54, 1.807) is 6.07 Å². The number of hydrogen-bond donors (Lipinski definition) is 0. The Balaban J connectivity index is 1.52. The number of halogens is 1. The van der Waals surface area contributed by atoms with Gasteiger partial charge in [0, 0.05) is 27.6 Å². The van der Waals surface area contributed by atoms with E-state index in [-0.39, 0.29) is 5.63 Å². The molecule has 1 aliphatic rings. The van der Waals surface area contributed by atoms with Crippen LogP contribution >= 0.6 is 27.7 Å². The minimum Gasteiger partial charge on any atom is -0.423 e. The van der Waals surface area contributed by atoms with Gasteiger partial charge in [0.25, 0.3) is 5.22 Å². The van der Waals surface area contributed by atoms with Crippen molar-refractivity contribution in [2.24, 2.45) is 0 Å². The molecule has 0 N–H and O–H groups in total. The average molecular weight is 421 g/mol. The summed E-state index contributed by atoms with van der Waals surface area (Å²) in [6.45, 7) is 0. The van der Waals surface area contributed by atoms with Crippen molar-refractivity contribution in [2.45, 2.75) is 49.0 Å². The molecule has 0 atom stereocenters. The second-order valence-corrected chi connectivity index (χ2v) is 8.10. The van der Waals surface area contributed by atoms with Crippen molar-refractivity contribution in [1.29, 1.82) is 0 Å². The molecular formula is C18H17BrN2O3S. The summed E-state index contributed by atoms with van der Waals surface area (Å²) in [7, 11) is 0. The summed E-state index contributed by atoms with van der Waals surface area (Å²) >= 11 is 4.85. The number of aromatic nitrogens is 2. The third-order valence-electron chi connectivity index (χ3n) is 4.52. The van der Waals surface area contributed by atoms with Crippen LogP contribution in [0.25, 0.3) is 11.0 Å². The highest BCUT2D eigenvalue weighted by Gasteiger charge is 2.21. The summed E-state index contributed by atoms with van der Waals surface area (Å²) in [5.74, 6) is 1.73. The Morgan fingerprint density at radius 1 is 1.12 bits per heavy atom. The molecule has 130 valence electrons. The van der Waals surface area contributed by atoms with E-state index in [1.807, 2.05) is 12.1 Å². The maximum absolute atomic E-state index is 11.8. The Hall–Kier alpha value is -1.60. The van der Waals surface area contributed by atoms with Crippen LogP contribution in [0.3, 0.4) is 0 Å². The highest BCUT2D eigenvalue weighted by Crippen LogP contribution is 2.34. The SMILES string of the molecule is O=c1cc(CSc2nnc(C3CCCCC3)o2)c2ccc(Br)cc2o1. The topological polar surface area (TPSA) is 69.1 Å². The number of fused-ring (bicyclic) bond motifs is 1. The van der Waals surface area contributed by atoms with E-state index in [1.165, 1.54) is 37.1 Å². The standard InChI is InChI=1S/C18H17BrN2O3S/c19-13-6-7-14-12(8-16(22)23-15(14)9-13)10-25-18-21-20-17(24-18)11-4-2-1-3-5-11/h6-9,11H,1-5,10H2. The van der Waals surface area contributed by atoms with Gasteiger partial charge in [0.05, 0.1) is 0 Å². The first-order valence-corrected chi connectivity index (χ1v) is 10.2. The molecule has 1 aromatic carbocycles. The zero-order valence-corrected chi connectivity index (χ0v) is 15.9. The van der Waals surface area contributed by atoms with Gasteiger partial charge in [-0.25, -0.2) is 4.79 Å². The third-order valence-corrected chi connectivity index (χ3v) is 5.88. The van der Waals surface area contributed by atoms with E-state index in [0.29, 0.717) is 22.5 Å². The normalized spacial score (nSPS) is 15.7. The molecule has 7 heteroatoms. The fraction of sp³-hybridized carbons (Fsp3) is 0.389. The van der Waals surface area contributed by atoms with Crippen LogP contribution in [0.5, 0.6) is 0 Å². The monoisotopic (exact) mass is 420 g/mol.